The molecule has 1 N–H and O–H groups in total. The number of carbonyl (C=O) groups excluding carboxylic acids is 2. The van der Waals surface area contributed by atoms with Crippen molar-refractivity contribution in [3.8, 4) is 11.5 Å². The van der Waals surface area contributed by atoms with Crippen LogP contribution in [0.1, 0.15) is 32.1 Å². The summed E-state index contributed by atoms with van der Waals surface area (Å²) in [5.74, 6) is 0.402. The summed E-state index contributed by atoms with van der Waals surface area (Å²) in [4.78, 5) is 36.5. The summed E-state index contributed by atoms with van der Waals surface area (Å²) in [6.07, 6.45) is 3.87. The Bertz CT molecular complexity index is 684. The molecule has 0 radical (unpaired) electrons. The fourth-order valence-corrected chi connectivity index (χ4v) is 3.57. The Labute approximate surface area is 171 Å². The normalized spacial score (nSPS) is 19.7. The molecule has 2 saturated heterocycles. The first-order valence-electron chi connectivity index (χ1n) is 10.3. The molecule has 8 heteroatoms. The van der Waals surface area contributed by atoms with Crippen LogP contribution in [-0.2, 0) is 19.4 Å². The maximum Gasteiger partial charge on any atom is 0.231 e. The quantitative estimate of drug-likeness (QED) is 0.363. The number of anilines is 1. The van der Waals surface area contributed by atoms with Crippen molar-refractivity contribution >= 4 is 17.4 Å². The molecule has 1 unspecified atom stereocenters. The van der Waals surface area contributed by atoms with Crippen LogP contribution < -0.4 is 14.8 Å². The second-order valence-electron chi connectivity index (χ2n) is 7.40. The lowest BCUT2D eigenvalue weighted by Crippen LogP contribution is -2.29. The average Bonchev–Trinajstić information content (AvgIpc) is 3.25. The van der Waals surface area contributed by atoms with Crippen LogP contribution in [0.5, 0.6) is 11.5 Å². The van der Waals surface area contributed by atoms with Crippen molar-refractivity contribution in [1.29, 1.82) is 0 Å². The topological polar surface area (TPSA) is 86.3 Å². The zero-order chi connectivity index (χ0) is 20.5. The number of Topliss-reactive ketones (excluding diaryl/α,β-unsaturated/α-hetero) is 1. The van der Waals surface area contributed by atoms with E-state index >= 15 is 0 Å². The van der Waals surface area contributed by atoms with Gasteiger partial charge in [-0.2, -0.15) is 0 Å². The van der Waals surface area contributed by atoms with Gasteiger partial charge in [0.05, 0.1) is 33.4 Å². The summed E-state index contributed by atoms with van der Waals surface area (Å²) < 4.78 is 11.2. The molecule has 0 spiro atoms. The molecule has 0 aromatic heterocycles. The highest BCUT2D eigenvalue weighted by Crippen LogP contribution is 2.30. The maximum absolute atomic E-state index is 12.3. The third-order valence-corrected chi connectivity index (χ3v) is 5.21. The molecule has 2 heterocycles. The lowest BCUT2D eigenvalue weighted by Gasteiger charge is -2.19. The number of rotatable bonds is 10. The fraction of sp³-hybridized carbons (Fsp3) is 0.619. The Morgan fingerprint density at radius 2 is 2.03 bits per heavy atom. The lowest BCUT2D eigenvalue weighted by molar-refractivity contribution is -0.321. The summed E-state index contributed by atoms with van der Waals surface area (Å²) in [7, 11) is 1.58. The third kappa shape index (κ3) is 6.69. The second kappa shape index (κ2) is 11.1. The van der Waals surface area contributed by atoms with E-state index in [0.29, 0.717) is 36.8 Å². The summed E-state index contributed by atoms with van der Waals surface area (Å²) in [5, 5.41) is 2.76. The summed E-state index contributed by atoms with van der Waals surface area (Å²) in [6.45, 7) is 4.51. The number of ether oxygens (including phenoxy) is 2. The summed E-state index contributed by atoms with van der Waals surface area (Å²) >= 11 is 0. The van der Waals surface area contributed by atoms with Crippen molar-refractivity contribution in [2.45, 2.75) is 32.1 Å². The third-order valence-electron chi connectivity index (χ3n) is 5.21. The van der Waals surface area contributed by atoms with Gasteiger partial charge in [-0.05, 0) is 50.9 Å². The molecular formula is C21H30N2O6. The van der Waals surface area contributed by atoms with Crippen LogP contribution >= 0.6 is 0 Å². The zero-order valence-corrected chi connectivity index (χ0v) is 17.0. The molecule has 2 fully saturated rings. The number of methoxy groups -OCH3 is 1. The molecule has 160 valence electrons. The molecule has 0 bridgehead atoms. The Kier molecular flexibility index (Phi) is 8.27. The van der Waals surface area contributed by atoms with E-state index in [1.807, 2.05) is 0 Å². The predicted molar refractivity (Wildman–Crippen MR) is 107 cm³/mol. The Morgan fingerprint density at radius 1 is 1.21 bits per heavy atom. The van der Waals surface area contributed by atoms with Gasteiger partial charge in [-0.25, -0.2) is 9.78 Å². The first-order chi connectivity index (χ1) is 14.2. The number of likely N-dealkylation sites (tertiary alicyclic amines) is 1. The van der Waals surface area contributed by atoms with E-state index in [2.05, 4.69) is 10.2 Å². The number of amides is 1. The SMILES string of the molecule is COc1ccc(NC(=O)CC(=O)C2CCOOC2)cc1OCCCN1CCCC1. The van der Waals surface area contributed by atoms with Crippen molar-refractivity contribution in [2.75, 3.05) is 51.9 Å². The van der Waals surface area contributed by atoms with E-state index in [9.17, 15) is 9.59 Å². The van der Waals surface area contributed by atoms with E-state index in [4.69, 9.17) is 19.2 Å². The van der Waals surface area contributed by atoms with Gasteiger partial charge in [0.15, 0.2) is 11.5 Å². The number of nitrogens with zero attached hydrogens (tertiary/aromatic N) is 1. The van der Waals surface area contributed by atoms with Gasteiger partial charge in [0.1, 0.15) is 5.78 Å². The van der Waals surface area contributed by atoms with E-state index in [1.165, 1.54) is 25.9 Å². The van der Waals surface area contributed by atoms with Gasteiger partial charge in [0.25, 0.3) is 0 Å². The van der Waals surface area contributed by atoms with Gasteiger partial charge >= 0.3 is 0 Å². The summed E-state index contributed by atoms with van der Waals surface area (Å²) in [5.41, 5.74) is 0.571. The van der Waals surface area contributed by atoms with Crippen LogP contribution in [0.15, 0.2) is 18.2 Å². The van der Waals surface area contributed by atoms with Gasteiger partial charge in [0.2, 0.25) is 5.91 Å². The highest BCUT2D eigenvalue weighted by molar-refractivity contribution is 6.05. The first-order valence-corrected chi connectivity index (χ1v) is 10.3. The van der Waals surface area contributed by atoms with Crippen molar-refractivity contribution < 1.29 is 28.8 Å². The number of ketones is 1. The minimum Gasteiger partial charge on any atom is -0.493 e. The summed E-state index contributed by atoms with van der Waals surface area (Å²) in [6, 6.07) is 5.21. The molecule has 1 aromatic carbocycles. The Balaban J connectivity index is 1.48. The first kappa shape index (κ1) is 21.5. The monoisotopic (exact) mass is 406 g/mol. The molecule has 8 nitrogen and oxygen atoms in total. The van der Waals surface area contributed by atoms with E-state index < -0.39 is 0 Å². The van der Waals surface area contributed by atoms with Crippen LogP contribution in [0.3, 0.4) is 0 Å². The van der Waals surface area contributed by atoms with Crippen LogP contribution in [0.4, 0.5) is 5.69 Å². The number of hydrogen-bond acceptors (Lipinski definition) is 7. The molecule has 1 amide bonds. The molecule has 2 aliphatic rings. The van der Waals surface area contributed by atoms with Gasteiger partial charge in [-0.3, -0.25) is 9.59 Å². The van der Waals surface area contributed by atoms with Crippen LogP contribution in [0.2, 0.25) is 0 Å². The molecule has 29 heavy (non-hydrogen) atoms. The van der Waals surface area contributed by atoms with Crippen LogP contribution in [0, 0.1) is 5.92 Å². The number of nitrogens with one attached hydrogen (secondary N) is 1. The fourth-order valence-electron chi connectivity index (χ4n) is 3.57. The van der Waals surface area contributed by atoms with E-state index in [1.54, 1.807) is 25.3 Å². The van der Waals surface area contributed by atoms with E-state index in [-0.39, 0.29) is 30.6 Å². The molecule has 0 aliphatic carbocycles. The van der Waals surface area contributed by atoms with Crippen LogP contribution in [-0.4, -0.2) is 63.2 Å². The van der Waals surface area contributed by atoms with Crippen LogP contribution in [0.25, 0.3) is 0 Å². The highest BCUT2D eigenvalue weighted by atomic mass is 17.2. The molecule has 1 atom stereocenters. The minimum absolute atomic E-state index is 0.141. The minimum atomic E-state index is -0.355. The zero-order valence-electron chi connectivity index (χ0n) is 17.0. The number of benzene rings is 1. The van der Waals surface area contributed by atoms with Crippen molar-refractivity contribution in [3.63, 3.8) is 0 Å². The van der Waals surface area contributed by atoms with Gasteiger partial charge in [-0.1, -0.05) is 0 Å². The molecule has 0 saturated carbocycles. The lowest BCUT2D eigenvalue weighted by atomic mass is 9.98. The van der Waals surface area contributed by atoms with Crippen molar-refractivity contribution in [1.82, 2.24) is 4.90 Å². The second-order valence-corrected chi connectivity index (χ2v) is 7.40. The largest absolute Gasteiger partial charge is 0.493 e. The van der Waals surface area contributed by atoms with Gasteiger partial charge < -0.3 is 19.7 Å². The molecule has 2 aliphatic heterocycles. The molecule has 1 aromatic rings. The van der Waals surface area contributed by atoms with Gasteiger partial charge in [-0.15, -0.1) is 0 Å². The molecule has 3 rings (SSSR count). The van der Waals surface area contributed by atoms with Crippen molar-refractivity contribution in [2.24, 2.45) is 5.92 Å². The van der Waals surface area contributed by atoms with Gasteiger partial charge in [0, 0.05) is 24.2 Å². The van der Waals surface area contributed by atoms with E-state index in [0.717, 1.165) is 13.0 Å². The smallest absolute Gasteiger partial charge is 0.231 e. The molecular weight excluding hydrogens is 376 g/mol. The van der Waals surface area contributed by atoms with Crippen molar-refractivity contribution in [3.05, 3.63) is 18.2 Å². The Morgan fingerprint density at radius 3 is 2.76 bits per heavy atom. The predicted octanol–water partition coefficient (Wildman–Crippen LogP) is 2.43. The number of carbonyl (C=O) groups is 2. The Hall–Kier alpha value is -2.16. The average molecular weight is 406 g/mol. The number of hydrogen-bond donors (Lipinski definition) is 1. The standard InChI is InChI=1S/C21H30N2O6/c1-26-19-6-5-17(13-20(19)27-11-4-10-23-8-2-3-9-23)22-21(25)14-18(24)16-7-12-28-29-15-16/h5-6,13,16H,2-4,7-12,14-15H2,1H3,(H,22,25). The maximum atomic E-state index is 12.3. The highest BCUT2D eigenvalue weighted by Gasteiger charge is 2.24.